The van der Waals surface area contributed by atoms with Crippen LogP contribution in [0, 0.1) is 13.8 Å². The van der Waals surface area contributed by atoms with Crippen molar-refractivity contribution in [3.8, 4) is 0 Å². The summed E-state index contributed by atoms with van der Waals surface area (Å²) < 4.78 is 5.11. The van der Waals surface area contributed by atoms with Gasteiger partial charge in [-0.2, -0.15) is 0 Å². The van der Waals surface area contributed by atoms with Crippen LogP contribution in [0.1, 0.15) is 28.7 Å². The average molecular weight is 299 g/mol. The van der Waals surface area contributed by atoms with Gasteiger partial charge in [-0.1, -0.05) is 5.16 Å². The fourth-order valence-corrected chi connectivity index (χ4v) is 1.84. The van der Waals surface area contributed by atoms with Gasteiger partial charge in [0.05, 0.1) is 16.6 Å². The van der Waals surface area contributed by atoms with Gasteiger partial charge in [0, 0.05) is 18.3 Å². The Hall–Kier alpha value is -1.66. The summed E-state index contributed by atoms with van der Waals surface area (Å²) in [5.74, 6) is -0.135. The van der Waals surface area contributed by atoms with Crippen molar-refractivity contribution in [1.82, 2.24) is 20.8 Å². The Morgan fingerprint density at radius 1 is 1.45 bits per heavy atom. The molecule has 0 aliphatic rings. The first kappa shape index (κ1) is 16.4. The van der Waals surface area contributed by atoms with Crippen LogP contribution in [0.3, 0.4) is 0 Å². The molecule has 0 bridgehead atoms. The number of amides is 1. The average Bonchev–Trinajstić information content (AvgIpc) is 2.76. The van der Waals surface area contributed by atoms with Gasteiger partial charge in [-0.05, 0) is 33.9 Å². The lowest BCUT2D eigenvalue weighted by Gasteiger charge is -2.12. The van der Waals surface area contributed by atoms with Gasteiger partial charge in [-0.25, -0.2) is 4.98 Å². The van der Waals surface area contributed by atoms with Crippen molar-refractivity contribution in [1.29, 1.82) is 0 Å². The van der Waals surface area contributed by atoms with E-state index < -0.39 is 0 Å². The van der Waals surface area contributed by atoms with E-state index >= 15 is 0 Å². The molecule has 0 saturated heterocycles. The van der Waals surface area contributed by atoms with E-state index in [2.05, 4.69) is 20.8 Å². The highest BCUT2D eigenvalue weighted by Gasteiger charge is 2.17. The van der Waals surface area contributed by atoms with Gasteiger partial charge in [0.25, 0.3) is 11.6 Å². The van der Waals surface area contributed by atoms with E-state index in [1.165, 1.54) is 0 Å². The maximum atomic E-state index is 12.2. The number of likely N-dealkylation sites (N-methyl/N-ethyl adjacent to an activating group) is 1. The summed E-state index contributed by atoms with van der Waals surface area (Å²) in [6.07, 6.45) is 0. The molecule has 0 aromatic carbocycles. The summed E-state index contributed by atoms with van der Waals surface area (Å²) in [6, 6.07) is 1.97. The Kier molecular flexibility index (Phi) is 5.47. The van der Waals surface area contributed by atoms with Crippen molar-refractivity contribution in [3.63, 3.8) is 0 Å². The topological polar surface area (TPSA) is 80.0 Å². The van der Waals surface area contributed by atoms with Crippen LogP contribution >= 0.6 is 12.4 Å². The predicted molar refractivity (Wildman–Crippen MR) is 79.4 cm³/mol. The molecule has 7 heteroatoms. The summed E-state index contributed by atoms with van der Waals surface area (Å²) in [7, 11) is 1.86. The van der Waals surface area contributed by atoms with Crippen LogP contribution in [0.5, 0.6) is 0 Å². The number of pyridine rings is 1. The monoisotopic (exact) mass is 298 g/mol. The van der Waals surface area contributed by atoms with Crippen LogP contribution < -0.4 is 10.6 Å². The maximum Gasteiger partial charge on any atom is 0.258 e. The van der Waals surface area contributed by atoms with Crippen LogP contribution in [0.15, 0.2) is 10.6 Å². The Balaban J connectivity index is 0.00000200. The van der Waals surface area contributed by atoms with Crippen LogP contribution in [0.4, 0.5) is 0 Å². The Labute approximate surface area is 123 Å². The molecule has 1 unspecified atom stereocenters. The number of aromatic nitrogens is 2. The van der Waals surface area contributed by atoms with E-state index in [0.29, 0.717) is 28.9 Å². The van der Waals surface area contributed by atoms with Gasteiger partial charge in [0.2, 0.25) is 0 Å². The van der Waals surface area contributed by atoms with Crippen molar-refractivity contribution in [3.05, 3.63) is 23.0 Å². The van der Waals surface area contributed by atoms with Crippen molar-refractivity contribution >= 4 is 29.4 Å². The van der Waals surface area contributed by atoms with E-state index in [0.717, 1.165) is 5.69 Å². The molecule has 110 valence electrons. The molecule has 1 amide bonds. The van der Waals surface area contributed by atoms with E-state index in [-0.39, 0.29) is 24.4 Å². The second-order valence-electron chi connectivity index (χ2n) is 4.66. The van der Waals surface area contributed by atoms with Crippen molar-refractivity contribution in [2.24, 2.45) is 0 Å². The molecular formula is C13H19ClN4O2. The molecule has 20 heavy (non-hydrogen) atoms. The molecule has 0 fully saturated rings. The first-order valence-corrected chi connectivity index (χ1v) is 6.22. The molecule has 2 aromatic rings. The predicted octanol–water partition coefficient (Wildman–Crippen LogP) is 1.60. The first-order valence-electron chi connectivity index (χ1n) is 6.22. The molecular weight excluding hydrogens is 280 g/mol. The Bertz CT molecular complexity index is 612. The van der Waals surface area contributed by atoms with Gasteiger partial charge in [-0.15, -0.1) is 12.4 Å². The summed E-state index contributed by atoms with van der Waals surface area (Å²) in [5, 5.41) is 10.5. The lowest BCUT2D eigenvalue weighted by molar-refractivity contribution is 0.0952. The van der Waals surface area contributed by atoms with Gasteiger partial charge in [0.15, 0.2) is 0 Å². The molecule has 2 rings (SSSR count). The number of fused-ring (bicyclic) bond motifs is 1. The highest BCUT2D eigenvalue weighted by Crippen LogP contribution is 2.21. The van der Waals surface area contributed by atoms with Gasteiger partial charge in [-0.3, -0.25) is 4.79 Å². The van der Waals surface area contributed by atoms with E-state index in [9.17, 15) is 4.79 Å². The molecule has 0 saturated carbocycles. The number of nitrogens with zero attached hydrogens (tertiary/aromatic N) is 2. The van der Waals surface area contributed by atoms with Crippen molar-refractivity contribution in [2.45, 2.75) is 26.8 Å². The fourth-order valence-electron chi connectivity index (χ4n) is 1.84. The standard InChI is InChI=1S/C13H18N4O2.ClH/c1-7-5-10(12(18)15-6-8(2)14-4)11-9(3)17-19-13(11)16-7;/h5,8,14H,6H2,1-4H3,(H,15,18);1H. The maximum absolute atomic E-state index is 12.2. The van der Waals surface area contributed by atoms with Crippen LogP contribution in [0.25, 0.3) is 11.1 Å². The second kappa shape index (κ2) is 6.67. The van der Waals surface area contributed by atoms with Crippen LogP contribution in [-0.2, 0) is 0 Å². The minimum atomic E-state index is -0.135. The lowest BCUT2D eigenvalue weighted by atomic mass is 10.1. The zero-order valence-electron chi connectivity index (χ0n) is 12.0. The first-order chi connectivity index (χ1) is 9.02. The molecule has 0 aliphatic carbocycles. The molecule has 0 radical (unpaired) electrons. The normalized spacial score (nSPS) is 12.0. The summed E-state index contributed by atoms with van der Waals surface area (Å²) in [4.78, 5) is 16.5. The van der Waals surface area contributed by atoms with E-state index in [1.54, 1.807) is 13.0 Å². The minimum Gasteiger partial charge on any atom is -0.350 e. The number of hydrogen-bond donors (Lipinski definition) is 2. The second-order valence-corrected chi connectivity index (χ2v) is 4.66. The molecule has 2 aromatic heterocycles. The Morgan fingerprint density at radius 2 is 2.15 bits per heavy atom. The number of carbonyl (C=O) groups excluding carboxylic acids is 1. The smallest absolute Gasteiger partial charge is 0.258 e. The third-order valence-electron chi connectivity index (χ3n) is 3.05. The molecule has 2 N–H and O–H groups in total. The van der Waals surface area contributed by atoms with Gasteiger partial charge in [0.1, 0.15) is 0 Å². The Morgan fingerprint density at radius 3 is 2.80 bits per heavy atom. The molecule has 2 heterocycles. The van der Waals surface area contributed by atoms with Crippen molar-refractivity contribution in [2.75, 3.05) is 13.6 Å². The third-order valence-corrected chi connectivity index (χ3v) is 3.05. The van der Waals surface area contributed by atoms with Crippen LogP contribution in [-0.4, -0.2) is 35.7 Å². The van der Waals surface area contributed by atoms with Crippen LogP contribution in [0.2, 0.25) is 0 Å². The molecule has 0 aliphatic heterocycles. The summed E-state index contributed by atoms with van der Waals surface area (Å²) in [6.45, 7) is 6.18. The van der Waals surface area contributed by atoms with E-state index in [4.69, 9.17) is 4.52 Å². The third kappa shape index (κ3) is 3.26. The summed E-state index contributed by atoms with van der Waals surface area (Å²) >= 11 is 0. The number of aryl methyl sites for hydroxylation is 2. The molecule has 6 nitrogen and oxygen atoms in total. The minimum absolute atomic E-state index is 0. The highest BCUT2D eigenvalue weighted by atomic mass is 35.5. The number of hydrogen-bond acceptors (Lipinski definition) is 5. The summed E-state index contributed by atoms with van der Waals surface area (Å²) in [5.41, 5.74) is 2.37. The van der Waals surface area contributed by atoms with Gasteiger partial charge < -0.3 is 15.2 Å². The van der Waals surface area contributed by atoms with Gasteiger partial charge >= 0.3 is 0 Å². The fraction of sp³-hybridized carbons (Fsp3) is 0.462. The zero-order valence-corrected chi connectivity index (χ0v) is 12.8. The number of nitrogens with one attached hydrogen (secondary N) is 2. The lowest BCUT2D eigenvalue weighted by Crippen LogP contribution is -2.37. The van der Waals surface area contributed by atoms with E-state index in [1.807, 2.05) is 20.9 Å². The number of carbonyl (C=O) groups is 1. The molecule has 0 spiro atoms. The largest absolute Gasteiger partial charge is 0.350 e. The highest BCUT2D eigenvalue weighted by molar-refractivity contribution is 6.06. The number of halogens is 1. The zero-order chi connectivity index (χ0) is 14.0. The van der Waals surface area contributed by atoms with Crippen molar-refractivity contribution < 1.29 is 9.32 Å². The number of rotatable bonds is 4. The quantitative estimate of drug-likeness (QED) is 0.896. The SMILES string of the molecule is CNC(C)CNC(=O)c1cc(C)nc2onc(C)c12.Cl. The molecule has 1 atom stereocenters.